The van der Waals surface area contributed by atoms with Gasteiger partial charge in [0.1, 0.15) is 0 Å². The van der Waals surface area contributed by atoms with E-state index in [-0.39, 0.29) is 28.9 Å². The zero-order chi connectivity index (χ0) is 14.2. The second-order valence-corrected chi connectivity index (χ2v) is 5.80. The lowest BCUT2D eigenvalue weighted by atomic mass is 9.62. The molecule has 1 saturated carbocycles. The van der Waals surface area contributed by atoms with Gasteiger partial charge in [0.15, 0.2) is 5.78 Å². The number of amides is 1. The van der Waals surface area contributed by atoms with E-state index < -0.39 is 6.10 Å². The minimum atomic E-state index is -0.722. The summed E-state index contributed by atoms with van der Waals surface area (Å²) in [5.74, 6) is -0.532. The molecule has 2 aliphatic rings. The van der Waals surface area contributed by atoms with Gasteiger partial charge in [0, 0.05) is 24.3 Å². The largest absolute Gasteiger partial charge is 0.388 e. The Morgan fingerprint density at radius 2 is 2.26 bits per heavy atom. The predicted octanol–water partition coefficient (Wildman–Crippen LogP) is 1.21. The normalized spacial score (nSPS) is 35.4. The zero-order valence-corrected chi connectivity index (χ0v) is 11.6. The van der Waals surface area contributed by atoms with E-state index in [0.29, 0.717) is 0 Å². The molecule has 0 bridgehead atoms. The van der Waals surface area contributed by atoms with Crippen LogP contribution in [0.5, 0.6) is 0 Å². The summed E-state index contributed by atoms with van der Waals surface area (Å²) in [6.07, 6.45) is 5.90. The van der Waals surface area contributed by atoms with Gasteiger partial charge in [-0.2, -0.15) is 0 Å². The molecule has 4 heteroatoms. The molecule has 4 nitrogen and oxygen atoms in total. The highest BCUT2D eigenvalue weighted by Crippen LogP contribution is 2.47. The van der Waals surface area contributed by atoms with E-state index in [1.165, 1.54) is 6.08 Å². The van der Waals surface area contributed by atoms with Crippen molar-refractivity contribution in [3.8, 4) is 0 Å². The number of carbonyl (C=O) groups is 2. The number of aliphatic hydroxyl groups is 1. The smallest absolute Gasteiger partial charge is 0.222 e. The Bertz CT molecular complexity index is 466. The molecule has 104 valence electrons. The molecule has 0 aliphatic heterocycles. The third-order valence-corrected chi connectivity index (χ3v) is 4.60. The number of hydrogen-bond donors (Lipinski definition) is 2. The van der Waals surface area contributed by atoms with Crippen molar-refractivity contribution in [3.63, 3.8) is 0 Å². The average molecular weight is 263 g/mol. The Hall–Kier alpha value is -1.42. The van der Waals surface area contributed by atoms with Crippen LogP contribution in [-0.2, 0) is 9.59 Å². The second-order valence-electron chi connectivity index (χ2n) is 5.80. The molecule has 4 unspecified atom stereocenters. The first kappa shape index (κ1) is 14.0. The molecule has 19 heavy (non-hydrogen) atoms. The molecular formula is C15H21NO3. The van der Waals surface area contributed by atoms with Crippen LogP contribution in [0.2, 0.25) is 0 Å². The van der Waals surface area contributed by atoms with Gasteiger partial charge in [-0.1, -0.05) is 19.9 Å². The summed E-state index contributed by atoms with van der Waals surface area (Å²) in [5.41, 5.74) is 0.513. The number of rotatable bonds is 2. The summed E-state index contributed by atoms with van der Waals surface area (Å²) in [5, 5.41) is 13.2. The van der Waals surface area contributed by atoms with Crippen molar-refractivity contribution >= 4 is 11.7 Å². The number of aliphatic hydroxyl groups excluding tert-OH is 1. The van der Waals surface area contributed by atoms with Gasteiger partial charge in [0.2, 0.25) is 5.91 Å². The molecule has 2 N–H and O–H groups in total. The lowest BCUT2D eigenvalue weighted by molar-refractivity contribution is -0.127. The van der Waals surface area contributed by atoms with Crippen molar-refractivity contribution in [1.29, 1.82) is 0 Å². The van der Waals surface area contributed by atoms with Gasteiger partial charge < -0.3 is 10.4 Å². The molecule has 2 aliphatic carbocycles. The standard InChI is InChI=1S/C15H21NO3/c1-9(14(19)16-3)11-5-7-15(2)6-4-10(17)8-12(15)13(11)18/h4,6,8-9,11,13,18H,5,7H2,1-3H3,(H,16,19). The minimum absolute atomic E-state index is 0.0640. The van der Waals surface area contributed by atoms with Crippen LogP contribution < -0.4 is 5.32 Å². The van der Waals surface area contributed by atoms with Crippen molar-refractivity contribution in [1.82, 2.24) is 5.32 Å². The van der Waals surface area contributed by atoms with Crippen molar-refractivity contribution in [2.24, 2.45) is 17.3 Å². The predicted molar refractivity (Wildman–Crippen MR) is 72.3 cm³/mol. The fourth-order valence-corrected chi connectivity index (χ4v) is 3.18. The van der Waals surface area contributed by atoms with Gasteiger partial charge in [-0.3, -0.25) is 9.59 Å². The molecule has 1 fully saturated rings. The third-order valence-electron chi connectivity index (χ3n) is 4.60. The molecule has 0 aromatic heterocycles. The number of carbonyl (C=O) groups excluding carboxylic acids is 2. The lowest BCUT2D eigenvalue weighted by Crippen LogP contribution is -2.44. The highest BCUT2D eigenvalue weighted by molar-refractivity contribution is 6.01. The number of allylic oxidation sites excluding steroid dienone is 3. The maximum Gasteiger partial charge on any atom is 0.222 e. The topological polar surface area (TPSA) is 66.4 Å². The van der Waals surface area contributed by atoms with Crippen molar-refractivity contribution in [2.75, 3.05) is 7.05 Å². The number of hydrogen-bond acceptors (Lipinski definition) is 3. The molecule has 0 saturated heterocycles. The summed E-state index contributed by atoms with van der Waals surface area (Å²) in [6, 6.07) is 0. The molecule has 0 radical (unpaired) electrons. The van der Waals surface area contributed by atoms with Crippen LogP contribution in [0.4, 0.5) is 0 Å². The quantitative estimate of drug-likeness (QED) is 0.787. The van der Waals surface area contributed by atoms with Crippen LogP contribution in [0.25, 0.3) is 0 Å². The summed E-state index contributed by atoms with van der Waals surface area (Å²) in [6.45, 7) is 3.86. The zero-order valence-electron chi connectivity index (χ0n) is 11.6. The lowest BCUT2D eigenvalue weighted by Gasteiger charge is -2.44. The van der Waals surface area contributed by atoms with E-state index >= 15 is 0 Å². The van der Waals surface area contributed by atoms with Gasteiger partial charge in [0.05, 0.1) is 6.10 Å². The van der Waals surface area contributed by atoms with Gasteiger partial charge in [0.25, 0.3) is 0 Å². The van der Waals surface area contributed by atoms with E-state index in [2.05, 4.69) is 5.32 Å². The van der Waals surface area contributed by atoms with Gasteiger partial charge >= 0.3 is 0 Å². The molecule has 1 amide bonds. The fraction of sp³-hybridized carbons (Fsp3) is 0.600. The van der Waals surface area contributed by atoms with E-state index in [9.17, 15) is 14.7 Å². The van der Waals surface area contributed by atoms with Crippen molar-refractivity contribution in [2.45, 2.75) is 32.8 Å². The molecule has 0 aromatic rings. The van der Waals surface area contributed by atoms with Crippen LogP contribution >= 0.6 is 0 Å². The Balaban J connectivity index is 2.26. The number of ketones is 1. The monoisotopic (exact) mass is 263 g/mol. The average Bonchev–Trinajstić information content (AvgIpc) is 2.39. The molecule has 0 heterocycles. The Morgan fingerprint density at radius 3 is 2.89 bits per heavy atom. The summed E-state index contributed by atoms with van der Waals surface area (Å²) in [7, 11) is 1.60. The second kappa shape index (κ2) is 4.93. The van der Waals surface area contributed by atoms with Crippen LogP contribution in [-0.4, -0.2) is 29.9 Å². The first-order valence-corrected chi connectivity index (χ1v) is 6.74. The van der Waals surface area contributed by atoms with Crippen molar-refractivity contribution in [3.05, 3.63) is 23.8 Å². The van der Waals surface area contributed by atoms with Crippen molar-refractivity contribution < 1.29 is 14.7 Å². The molecule has 4 atom stereocenters. The van der Waals surface area contributed by atoms with Gasteiger partial charge in [-0.15, -0.1) is 0 Å². The Labute approximate surface area is 113 Å². The highest BCUT2D eigenvalue weighted by Gasteiger charge is 2.44. The number of nitrogens with one attached hydrogen (secondary N) is 1. The summed E-state index contributed by atoms with van der Waals surface area (Å²) in [4.78, 5) is 23.3. The van der Waals surface area contributed by atoms with E-state index in [1.807, 2.05) is 19.9 Å². The molecular weight excluding hydrogens is 242 g/mol. The van der Waals surface area contributed by atoms with Crippen LogP contribution in [0.15, 0.2) is 23.8 Å². The third kappa shape index (κ3) is 2.37. The van der Waals surface area contributed by atoms with E-state index in [4.69, 9.17) is 0 Å². The van der Waals surface area contributed by atoms with E-state index in [1.54, 1.807) is 13.1 Å². The summed E-state index contributed by atoms with van der Waals surface area (Å²) >= 11 is 0. The van der Waals surface area contributed by atoms with Gasteiger partial charge in [-0.05, 0) is 30.6 Å². The van der Waals surface area contributed by atoms with Crippen LogP contribution in [0, 0.1) is 17.3 Å². The van der Waals surface area contributed by atoms with E-state index in [0.717, 1.165) is 18.4 Å². The first-order valence-electron chi connectivity index (χ1n) is 6.74. The minimum Gasteiger partial charge on any atom is -0.388 e. The van der Waals surface area contributed by atoms with Crippen LogP contribution in [0.1, 0.15) is 26.7 Å². The Morgan fingerprint density at radius 1 is 1.58 bits per heavy atom. The summed E-state index contributed by atoms with van der Waals surface area (Å²) < 4.78 is 0. The first-order chi connectivity index (χ1) is 8.89. The number of fused-ring (bicyclic) bond motifs is 1. The highest BCUT2D eigenvalue weighted by atomic mass is 16.3. The Kier molecular flexibility index (Phi) is 3.63. The SMILES string of the molecule is CNC(=O)C(C)C1CCC2(C)C=CC(=O)C=C2C1O. The molecule has 0 spiro atoms. The fourth-order valence-electron chi connectivity index (χ4n) is 3.18. The maximum absolute atomic E-state index is 11.7. The molecule has 2 rings (SSSR count). The molecule has 0 aromatic carbocycles. The van der Waals surface area contributed by atoms with Crippen LogP contribution in [0.3, 0.4) is 0 Å². The van der Waals surface area contributed by atoms with Gasteiger partial charge in [-0.25, -0.2) is 0 Å². The maximum atomic E-state index is 11.7.